The second-order valence-corrected chi connectivity index (χ2v) is 6.11. The molecule has 1 N–H and O–H groups in total. The van der Waals surface area contributed by atoms with E-state index in [1.807, 2.05) is 19.1 Å². The Balaban J connectivity index is 2.08. The highest BCUT2D eigenvalue weighted by atomic mass is 79.9. The third kappa shape index (κ3) is 4.16. The fourth-order valence-electron chi connectivity index (χ4n) is 1.87. The SMILES string of the molecule is CCCn1nnnc1NCc1cc(Br)c(OCC)c(Br)c1. The molecule has 0 radical (unpaired) electrons. The maximum atomic E-state index is 5.57. The number of aryl methyl sites for hydroxylation is 1. The Labute approximate surface area is 140 Å². The van der Waals surface area contributed by atoms with Crippen molar-refractivity contribution in [1.29, 1.82) is 0 Å². The average molecular weight is 419 g/mol. The normalized spacial score (nSPS) is 10.7. The molecule has 8 heteroatoms. The second-order valence-electron chi connectivity index (χ2n) is 4.40. The number of hydrogen-bond acceptors (Lipinski definition) is 5. The molecule has 2 aromatic rings. The molecule has 0 unspecified atom stereocenters. The van der Waals surface area contributed by atoms with Crippen LogP contribution in [0.2, 0.25) is 0 Å². The van der Waals surface area contributed by atoms with Crippen LogP contribution in [0.25, 0.3) is 0 Å². The van der Waals surface area contributed by atoms with E-state index in [4.69, 9.17) is 4.74 Å². The summed E-state index contributed by atoms with van der Waals surface area (Å²) in [6, 6.07) is 4.05. The molecular formula is C13H17Br2N5O. The predicted octanol–water partition coefficient (Wildman–Crippen LogP) is 3.62. The minimum atomic E-state index is 0.626. The molecule has 1 aromatic heterocycles. The van der Waals surface area contributed by atoms with Crippen LogP contribution in [0.1, 0.15) is 25.8 Å². The van der Waals surface area contributed by atoms with Crippen molar-refractivity contribution in [3.05, 3.63) is 26.6 Å². The zero-order valence-electron chi connectivity index (χ0n) is 11.9. The van der Waals surface area contributed by atoms with Gasteiger partial charge in [0.2, 0.25) is 5.95 Å². The van der Waals surface area contributed by atoms with Crippen LogP contribution < -0.4 is 10.1 Å². The molecule has 2 rings (SSSR count). The molecule has 0 fully saturated rings. The topological polar surface area (TPSA) is 64.9 Å². The monoisotopic (exact) mass is 417 g/mol. The first-order valence-electron chi connectivity index (χ1n) is 6.76. The summed E-state index contributed by atoms with van der Waals surface area (Å²) >= 11 is 7.06. The van der Waals surface area contributed by atoms with Crippen molar-refractivity contribution in [3.8, 4) is 5.75 Å². The fraction of sp³-hybridized carbons (Fsp3) is 0.462. The summed E-state index contributed by atoms with van der Waals surface area (Å²) < 4.78 is 9.18. The van der Waals surface area contributed by atoms with Crippen molar-refractivity contribution in [3.63, 3.8) is 0 Å². The Kier molecular flexibility index (Phi) is 5.98. The van der Waals surface area contributed by atoms with Crippen molar-refractivity contribution >= 4 is 37.8 Å². The highest BCUT2D eigenvalue weighted by Crippen LogP contribution is 2.34. The van der Waals surface area contributed by atoms with Crippen molar-refractivity contribution < 1.29 is 4.74 Å². The molecular weight excluding hydrogens is 402 g/mol. The van der Waals surface area contributed by atoms with E-state index >= 15 is 0 Å². The van der Waals surface area contributed by atoms with E-state index in [2.05, 4.69) is 59.6 Å². The minimum Gasteiger partial charge on any atom is -0.492 e. The summed E-state index contributed by atoms with van der Waals surface area (Å²) in [4.78, 5) is 0. The van der Waals surface area contributed by atoms with Crippen molar-refractivity contribution in [2.45, 2.75) is 33.4 Å². The Bertz CT molecular complexity index is 579. The van der Waals surface area contributed by atoms with E-state index in [1.54, 1.807) is 4.68 Å². The van der Waals surface area contributed by atoms with E-state index in [-0.39, 0.29) is 0 Å². The van der Waals surface area contributed by atoms with Crippen LogP contribution in [0.15, 0.2) is 21.1 Å². The molecule has 6 nitrogen and oxygen atoms in total. The maximum Gasteiger partial charge on any atom is 0.243 e. The fourth-order valence-corrected chi connectivity index (χ4v) is 3.38. The van der Waals surface area contributed by atoms with Gasteiger partial charge in [-0.2, -0.15) is 0 Å². The van der Waals surface area contributed by atoms with Gasteiger partial charge in [0.25, 0.3) is 0 Å². The van der Waals surface area contributed by atoms with Crippen molar-refractivity contribution in [2.75, 3.05) is 11.9 Å². The number of tetrazole rings is 1. The lowest BCUT2D eigenvalue weighted by molar-refractivity contribution is 0.336. The van der Waals surface area contributed by atoms with Crippen LogP contribution in [-0.2, 0) is 13.1 Å². The summed E-state index contributed by atoms with van der Waals surface area (Å²) in [5.74, 6) is 1.50. The first kappa shape index (κ1) is 16.2. The van der Waals surface area contributed by atoms with Crippen molar-refractivity contribution in [1.82, 2.24) is 20.2 Å². The molecule has 0 bridgehead atoms. The Morgan fingerprint density at radius 1 is 1.24 bits per heavy atom. The highest BCUT2D eigenvalue weighted by Gasteiger charge is 2.10. The van der Waals surface area contributed by atoms with Crippen LogP contribution in [0.3, 0.4) is 0 Å². The number of nitrogens with zero attached hydrogens (tertiary/aromatic N) is 4. The second kappa shape index (κ2) is 7.74. The predicted molar refractivity (Wildman–Crippen MR) is 88.4 cm³/mol. The van der Waals surface area contributed by atoms with E-state index in [9.17, 15) is 0 Å². The van der Waals surface area contributed by atoms with Crippen molar-refractivity contribution in [2.24, 2.45) is 0 Å². The molecule has 21 heavy (non-hydrogen) atoms. The van der Waals surface area contributed by atoms with Gasteiger partial charge < -0.3 is 10.1 Å². The zero-order valence-corrected chi connectivity index (χ0v) is 15.1. The molecule has 0 spiro atoms. The molecule has 0 amide bonds. The Morgan fingerprint density at radius 3 is 2.57 bits per heavy atom. The molecule has 114 valence electrons. The number of halogens is 2. The number of ether oxygens (including phenoxy) is 1. The molecule has 1 heterocycles. The largest absolute Gasteiger partial charge is 0.492 e. The maximum absolute atomic E-state index is 5.57. The average Bonchev–Trinajstić information content (AvgIpc) is 2.88. The lowest BCUT2D eigenvalue weighted by Crippen LogP contribution is -2.09. The van der Waals surface area contributed by atoms with Gasteiger partial charge >= 0.3 is 0 Å². The third-order valence-corrected chi connectivity index (χ3v) is 3.94. The van der Waals surface area contributed by atoms with Crippen LogP contribution in [0, 0.1) is 0 Å². The van der Waals surface area contributed by atoms with Gasteiger partial charge in [-0.1, -0.05) is 12.0 Å². The Hall–Kier alpha value is -1.15. The van der Waals surface area contributed by atoms with Gasteiger partial charge in [-0.3, -0.25) is 0 Å². The number of aromatic nitrogens is 4. The Morgan fingerprint density at radius 2 is 1.95 bits per heavy atom. The molecule has 0 aliphatic carbocycles. The van der Waals surface area contributed by atoms with Crippen LogP contribution in [0.4, 0.5) is 5.95 Å². The highest BCUT2D eigenvalue weighted by molar-refractivity contribution is 9.11. The van der Waals surface area contributed by atoms with Gasteiger partial charge in [0.1, 0.15) is 5.75 Å². The quantitative estimate of drug-likeness (QED) is 0.743. The lowest BCUT2D eigenvalue weighted by Gasteiger charge is -2.11. The lowest BCUT2D eigenvalue weighted by atomic mass is 10.2. The summed E-state index contributed by atoms with van der Waals surface area (Å²) in [6.45, 7) is 6.11. The van der Waals surface area contributed by atoms with E-state index in [0.29, 0.717) is 19.1 Å². The van der Waals surface area contributed by atoms with Crippen LogP contribution in [0.5, 0.6) is 5.75 Å². The van der Waals surface area contributed by atoms with Gasteiger partial charge in [-0.15, -0.1) is 0 Å². The van der Waals surface area contributed by atoms with Gasteiger partial charge in [-0.05, 0) is 73.3 Å². The summed E-state index contributed by atoms with van der Waals surface area (Å²) in [6.07, 6.45) is 0.986. The smallest absolute Gasteiger partial charge is 0.243 e. The van der Waals surface area contributed by atoms with Crippen LogP contribution >= 0.6 is 31.9 Å². The number of benzene rings is 1. The first-order valence-corrected chi connectivity index (χ1v) is 8.35. The summed E-state index contributed by atoms with van der Waals surface area (Å²) in [5, 5.41) is 14.9. The molecule has 0 saturated heterocycles. The standard InChI is InChI=1S/C13H17Br2N5O/c1-3-5-20-13(17-18-19-20)16-8-9-6-10(14)12(21-4-2)11(15)7-9/h6-7H,3-5,8H2,1-2H3,(H,16,17,19). The molecule has 0 aliphatic heterocycles. The van der Waals surface area contributed by atoms with Gasteiger partial charge in [0, 0.05) is 13.1 Å². The first-order chi connectivity index (χ1) is 10.2. The number of nitrogens with one attached hydrogen (secondary N) is 1. The van der Waals surface area contributed by atoms with Gasteiger partial charge in [0.15, 0.2) is 0 Å². The van der Waals surface area contributed by atoms with E-state index < -0.39 is 0 Å². The number of anilines is 1. The summed E-state index contributed by atoms with van der Waals surface area (Å²) in [7, 11) is 0. The van der Waals surface area contributed by atoms with Crippen LogP contribution in [-0.4, -0.2) is 26.8 Å². The third-order valence-electron chi connectivity index (χ3n) is 2.76. The molecule has 0 atom stereocenters. The van der Waals surface area contributed by atoms with Gasteiger partial charge in [-0.25, -0.2) is 4.68 Å². The number of rotatable bonds is 7. The number of hydrogen-bond donors (Lipinski definition) is 1. The van der Waals surface area contributed by atoms with E-state index in [1.165, 1.54) is 0 Å². The van der Waals surface area contributed by atoms with E-state index in [0.717, 1.165) is 33.2 Å². The minimum absolute atomic E-state index is 0.626. The summed E-state index contributed by atoms with van der Waals surface area (Å²) in [5.41, 5.74) is 1.10. The molecule has 0 saturated carbocycles. The van der Waals surface area contributed by atoms with Gasteiger partial charge in [0.05, 0.1) is 15.6 Å². The molecule has 1 aromatic carbocycles. The molecule has 0 aliphatic rings. The zero-order chi connectivity index (χ0) is 15.2.